The van der Waals surface area contributed by atoms with Gasteiger partial charge in [-0.3, -0.25) is 0 Å². The Bertz CT molecular complexity index is 3120. The van der Waals surface area contributed by atoms with Gasteiger partial charge in [-0.1, -0.05) is 212 Å². The summed E-state index contributed by atoms with van der Waals surface area (Å²) in [6.45, 7) is 0. The summed E-state index contributed by atoms with van der Waals surface area (Å²) in [6.07, 6.45) is 0. The molecular formula is C60H40N6. The fourth-order valence-electron chi connectivity index (χ4n) is 8.19. The van der Waals surface area contributed by atoms with Crippen molar-refractivity contribution in [3.63, 3.8) is 0 Å². The van der Waals surface area contributed by atoms with E-state index in [0.29, 0.717) is 34.9 Å². The van der Waals surface area contributed by atoms with Crippen LogP contribution in [0.1, 0.15) is 0 Å². The molecular weight excluding hydrogens is 805 g/mol. The second kappa shape index (κ2) is 18.0. The number of rotatable bonds is 10. The maximum Gasteiger partial charge on any atom is 0.164 e. The zero-order valence-electron chi connectivity index (χ0n) is 35.8. The monoisotopic (exact) mass is 844 g/mol. The maximum absolute atomic E-state index is 4.98. The van der Waals surface area contributed by atoms with E-state index in [4.69, 9.17) is 29.9 Å². The maximum atomic E-state index is 4.98. The summed E-state index contributed by atoms with van der Waals surface area (Å²) in [5, 5.41) is 0. The number of hydrogen-bond acceptors (Lipinski definition) is 6. The quantitative estimate of drug-likeness (QED) is 0.136. The van der Waals surface area contributed by atoms with Crippen LogP contribution in [0.25, 0.3) is 113 Å². The van der Waals surface area contributed by atoms with Gasteiger partial charge in [-0.2, -0.15) is 0 Å². The predicted molar refractivity (Wildman–Crippen MR) is 268 cm³/mol. The second-order valence-corrected chi connectivity index (χ2v) is 16.0. The number of hydrogen-bond donors (Lipinski definition) is 0. The summed E-state index contributed by atoms with van der Waals surface area (Å²) < 4.78 is 0. The van der Waals surface area contributed by atoms with Gasteiger partial charge in [0.15, 0.2) is 34.9 Å². The fraction of sp³-hybridized carbons (Fsp3) is 0. The van der Waals surface area contributed by atoms with Crippen LogP contribution in [0.15, 0.2) is 243 Å². The van der Waals surface area contributed by atoms with Crippen molar-refractivity contribution >= 4 is 0 Å². The predicted octanol–water partition coefficient (Wildman–Crippen LogP) is 14.7. The Morgan fingerprint density at radius 3 is 0.500 bits per heavy atom. The Kier molecular flexibility index (Phi) is 10.9. The molecule has 66 heavy (non-hydrogen) atoms. The van der Waals surface area contributed by atoms with E-state index in [0.717, 1.165) is 77.9 Å². The standard InChI is InChI=1S/C60H40N6/c1-5-18-41(19-6-1)55-61-56(42-20-7-2-8-21-42)64-59(63-55)53-34-16-32-51(39-53)49-30-14-28-47(37-49)45-26-13-27-46(36-45)48-29-15-31-50(38-48)52-33-17-35-54(40-52)60-65-57(43-22-9-3-10-23-43)62-58(66-60)44-24-11-4-12-25-44/h1-40H. The summed E-state index contributed by atoms with van der Waals surface area (Å²) in [6, 6.07) is 83.3. The van der Waals surface area contributed by atoms with Crippen LogP contribution in [-0.2, 0) is 0 Å². The van der Waals surface area contributed by atoms with Gasteiger partial charge in [0.2, 0.25) is 0 Å². The van der Waals surface area contributed by atoms with Crippen molar-refractivity contribution in [1.29, 1.82) is 0 Å². The van der Waals surface area contributed by atoms with E-state index in [1.165, 1.54) is 0 Å². The first kappa shape index (κ1) is 39.8. The average Bonchev–Trinajstić information content (AvgIpc) is 3.42. The molecule has 0 N–H and O–H groups in total. The van der Waals surface area contributed by atoms with Crippen molar-refractivity contribution in [2.75, 3.05) is 0 Å². The van der Waals surface area contributed by atoms with E-state index < -0.39 is 0 Å². The minimum Gasteiger partial charge on any atom is -0.208 e. The highest BCUT2D eigenvalue weighted by Gasteiger charge is 2.15. The van der Waals surface area contributed by atoms with E-state index in [-0.39, 0.29) is 0 Å². The van der Waals surface area contributed by atoms with Gasteiger partial charge in [0.25, 0.3) is 0 Å². The lowest BCUT2D eigenvalue weighted by Gasteiger charge is -2.12. The normalized spacial score (nSPS) is 11.0. The molecule has 0 spiro atoms. The highest BCUT2D eigenvalue weighted by atomic mass is 15.0. The molecule has 0 bridgehead atoms. The van der Waals surface area contributed by atoms with Crippen LogP contribution in [-0.4, -0.2) is 29.9 Å². The van der Waals surface area contributed by atoms with Crippen molar-refractivity contribution in [3.8, 4) is 113 Å². The summed E-state index contributed by atoms with van der Waals surface area (Å²) in [7, 11) is 0. The van der Waals surface area contributed by atoms with Gasteiger partial charge in [-0.25, -0.2) is 29.9 Å². The lowest BCUT2D eigenvalue weighted by molar-refractivity contribution is 1.07. The smallest absolute Gasteiger partial charge is 0.164 e. The first-order chi connectivity index (χ1) is 32.7. The highest BCUT2D eigenvalue weighted by Crippen LogP contribution is 2.35. The van der Waals surface area contributed by atoms with Gasteiger partial charge in [-0.05, 0) is 74.8 Å². The molecule has 9 aromatic carbocycles. The molecule has 0 unspecified atom stereocenters. The van der Waals surface area contributed by atoms with Gasteiger partial charge in [0.1, 0.15) is 0 Å². The van der Waals surface area contributed by atoms with Crippen LogP contribution in [0.3, 0.4) is 0 Å². The van der Waals surface area contributed by atoms with Crippen molar-refractivity contribution < 1.29 is 0 Å². The van der Waals surface area contributed by atoms with Gasteiger partial charge >= 0.3 is 0 Å². The SMILES string of the molecule is c1ccc(-c2nc(-c3ccccc3)nc(-c3cccc(-c4cccc(-c5cccc(-c6cccc(-c7cccc(-c8nc(-c9ccccc9)nc(-c9ccccc9)n8)c7)c6)c5)c4)c3)n2)cc1. The largest absolute Gasteiger partial charge is 0.208 e. The summed E-state index contributed by atoms with van der Waals surface area (Å²) in [4.78, 5) is 29.7. The van der Waals surface area contributed by atoms with E-state index in [2.05, 4.69) is 121 Å². The third kappa shape index (κ3) is 8.54. The Hall–Kier alpha value is -9.00. The number of nitrogens with zero attached hydrogens (tertiary/aromatic N) is 6. The summed E-state index contributed by atoms with van der Waals surface area (Å²) in [5.74, 6) is 3.81. The molecule has 0 atom stereocenters. The average molecular weight is 845 g/mol. The summed E-state index contributed by atoms with van der Waals surface area (Å²) >= 11 is 0. The second-order valence-electron chi connectivity index (χ2n) is 16.0. The molecule has 0 aliphatic carbocycles. The van der Waals surface area contributed by atoms with Crippen LogP contribution < -0.4 is 0 Å². The topological polar surface area (TPSA) is 77.3 Å². The lowest BCUT2D eigenvalue weighted by atomic mass is 9.94. The van der Waals surface area contributed by atoms with Crippen LogP contribution in [0.2, 0.25) is 0 Å². The molecule has 0 saturated carbocycles. The van der Waals surface area contributed by atoms with Crippen LogP contribution >= 0.6 is 0 Å². The molecule has 2 heterocycles. The molecule has 2 aromatic heterocycles. The molecule has 6 heteroatoms. The zero-order chi connectivity index (χ0) is 44.1. The molecule has 11 aromatic rings. The zero-order valence-corrected chi connectivity index (χ0v) is 35.8. The van der Waals surface area contributed by atoms with E-state index in [1.807, 2.05) is 121 Å². The molecule has 310 valence electrons. The van der Waals surface area contributed by atoms with E-state index in [9.17, 15) is 0 Å². The van der Waals surface area contributed by atoms with Crippen molar-refractivity contribution in [3.05, 3.63) is 243 Å². The fourth-order valence-corrected chi connectivity index (χ4v) is 8.19. The molecule has 0 saturated heterocycles. The first-order valence-corrected chi connectivity index (χ1v) is 21.9. The van der Waals surface area contributed by atoms with Crippen LogP contribution in [0, 0.1) is 0 Å². The molecule has 0 fully saturated rings. The Labute approximate surface area is 383 Å². The molecule has 0 amide bonds. The molecule has 6 nitrogen and oxygen atoms in total. The third-order valence-electron chi connectivity index (χ3n) is 11.6. The van der Waals surface area contributed by atoms with Crippen molar-refractivity contribution in [1.82, 2.24) is 29.9 Å². The first-order valence-electron chi connectivity index (χ1n) is 21.9. The van der Waals surface area contributed by atoms with E-state index >= 15 is 0 Å². The molecule has 0 radical (unpaired) electrons. The number of aromatic nitrogens is 6. The minimum atomic E-state index is 0.627. The van der Waals surface area contributed by atoms with Gasteiger partial charge < -0.3 is 0 Å². The van der Waals surface area contributed by atoms with Gasteiger partial charge in [0.05, 0.1) is 0 Å². The number of benzene rings is 9. The molecule has 0 aliphatic heterocycles. The van der Waals surface area contributed by atoms with Gasteiger partial charge in [-0.15, -0.1) is 0 Å². The Morgan fingerprint density at radius 2 is 0.288 bits per heavy atom. The Morgan fingerprint density at radius 1 is 0.136 bits per heavy atom. The van der Waals surface area contributed by atoms with Crippen molar-refractivity contribution in [2.24, 2.45) is 0 Å². The lowest BCUT2D eigenvalue weighted by Crippen LogP contribution is -2.00. The molecule has 11 rings (SSSR count). The van der Waals surface area contributed by atoms with Crippen LogP contribution in [0.4, 0.5) is 0 Å². The highest BCUT2D eigenvalue weighted by molar-refractivity contribution is 5.81. The van der Waals surface area contributed by atoms with Crippen molar-refractivity contribution in [2.45, 2.75) is 0 Å². The van der Waals surface area contributed by atoms with Gasteiger partial charge in [0, 0.05) is 33.4 Å². The molecule has 0 aliphatic rings. The minimum absolute atomic E-state index is 0.627. The van der Waals surface area contributed by atoms with Crippen LogP contribution in [0.5, 0.6) is 0 Å². The Balaban J connectivity index is 0.891. The summed E-state index contributed by atoms with van der Waals surface area (Å²) in [5.41, 5.74) is 14.5. The van der Waals surface area contributed by atoms with E-state index in [1.54, 1.807) is 0 Å². The third-order valence-corrected chi connectivity index (χ3v) is 11.6.